The first kappa shape index (κ1) is 23.9. The van der Waals surface area contributed by atoms with Crippen molar-refractivity contribution in [2.24, 2.45) is 0 Å². The Kier molecular flexibility index (Phi) is 7.29. The van der Waals surface area contributed by atoms with Gasteiger partial charge in [0.15, 0.2) is 0 Å². The zero-order valence-electron chi connectivity index (χ0n) is 17.4. The van der Waals surface area contributed by atoms with Crippen molar-refractivity contribution in [3.05, 3.63) is 59.7 Å². The normalized spacial score (nSPS) is 15.4. The summed E-state index contributed by atoms with van der Waals surface area (Å²) in [5.74, 6) is -0.210. The van der Waals surface area contributed by atoms with E-state index >= 15 is 0 Å². The van der Waals surface area contributed by atoms with Crippen LogP contribution in [0.1, 0.15) is 15.9 Å². The third kappa shape index (κ3) is 5.71. The van der Waals surface area contributed by atoms with Crippen LogP contribution in [0.15, 0.2) is 48.5 Å². The molecule has 0 bridgehead atoms. The maximum atomic E-state index is 12.6. The molecule has 7 nitrogen and oxygen atoms in total. The Morgan fingerprint density at radius 1 is 1.03 bits per heavy atom. The molecule has 1 heterocycles. The Hall–Kier alpha value is -2.79. The predicted octanol–water partition coefficient (Wildman–Crippen LogP) is 2.60. The number of ether oxygens (including phenoxy) is 1. The van der Waals surface area contributed by atoms with Crippen molar-refractivity contribution in [1.82, 2.24) is 9.62 Å². The Balaban J connectivity index is 1.50. The average Bonchev–Trinajstić information content (AvgIpc) is 2.78. The number of anilines is 1. The van der Waals surface area contributed by atoms with E-state index in [1.807, 2.05) is 24.3 Å². The van der Waals surface area contributed by atoms with Crippen molar-refractivity contribution in [3.8, 4) is 5.75 Å². The molecule has 3 rings (SSSR count). The number of benzene rings is 2. The van der Waals surface area contributed by atoms with Crippen LogP contribution in [0.5, 0.6) is 5.75 Å². The van der Waals surface area contributed by atoms with Gasteiger partial charge >= 0.3 is 6.18 Å². The molecule has 0 radical (unpaired) electrons. The summed E-state index contributed by atoms with van der Waals surface area (Å²) in [6.45, 7) is 1.45. The first-order valence-corrected chi connectivity index (χ1v) is 11.5. The molecular formula is C21H24F3N3O4S. The first-order chi connectivity index (χ1) is 15.1. The minimum Gasteiger partial charge on any atom is -0.495 e. The molecule has 0 atom stereocenters. The van der Waals surface area contributed by atoms with E-state index in [1.54, 1.807) is 7.11 Å². The number of hydrogen-bond acceptors (Lipinski definition) is 5. The van der Waals surface area contributed by atoms with Crippen molar-refractivity contribution in [2.45, 2.75) is 6.18 Å². The fourth-order valence-corrected chi connectivity index (χ4v) is 4.77. The molecule has 174 valence electrons. The van der Waals surface area contributed by atoms with Crippen molar-refractivity contribution < 1.29 is 31.1 Å². The van der Waals surface area contributed by atoms with Crippen LogP contribution in [0.3, 0.4) is 0 Å². The third-order valence-electron chi connectivity index (χ3n) is 5.18. The van der Waals surface area contributed by atoms with Gasteiger partial charge in [-0.15, -0.1) is 0 Å². The highest BCUT2D eigenvalue weighted by Gasteiger charge is 2.30. The molecule has 0 saturated carbocycles. The molecule has 0 unspecified atom stereocenters. The Bertz CT molecular complexity index is 1040. The fraction of sp³-hybridized carbons (Fsp3) is 0.381. The molecule has 2 aromatic rings. The number of carbonyl (C=O) groups excluding carboxylic acids is 1. The number of nitrogens with zero attached hydrogens (tertiary/aromatic N) is 2. The van der Waals surface area contributed by atoms with Gasteiger partial charge in [-0.2, -0.15) is 17.5 Å². The van der Waals surface area contributed by atoms with Crippen LogP contribution in [0.25, 0.3) is 0 Å². The number of sulfonamides is 1. The molecule has 11 heteroatoms. The third-order valence-corrected chi connectivity index (χ3v) is 7.05. The van der Waals surface area contributed by atoms with Crippen LogP contribution < -0.4 is 15.0 Å². The first-order valence-electron chi connectivity index (χ1n) is 9.93. The lowest BCUT2D eigenvalue weighted by Crippen LogP contribution is -2.50. The summed E-state index contributed by atoms with van der Waals surface area (Å²) in [6.07, 6.45) is -4.49. The molecular weight excluding hydrogens is 447 g/mol. The zero-order valence-corrected chi connectivity index (χ0v) is 18.2. The van der Waals surface area contributed by atoms with Gasteiger partial charge in [0.2, 0.25) is 10.0 Å². The fourth-order valence-electron chi connectivity index (χ4n) is 3.43. The summed E-state index contributed by atoms with van der Waals surface area (Å²) in [4.78, 5) is 14.2. The molecule has 2 aromatic carbocycles. The average molecular weight is 472 g/mol. The van der Waals surface area contributed by atoms with E-state index in [4.69, 9.17) is 4.74 Å². The number of hydrogen-bond donors (Lipinski definition) is 1. The van der Waals surface area contributed by atoms with Crippen molar-refractivity contribution >= 4 is 21.6 Å². The molecule has 0 spiro atoms. The van der Waals surface area contributed by atoms with Crippen molar-refractivity contribution in [3.63, 3.8) is 0 Å². The predicted molar refractivity (Wildman–Crippen MR) is 114 cm³/mol. The summed E-state index contributed by atoms with van der Waals surface area (Å²) >= 11 is 0. The van der Waals surface area contributed by atoms with Gasteiger partial charge in [-0.25, -0.2) is 8.42 Å². The van der Waals surface area contributed by atoms with Gasteiger partial charge in [-0.3, -0.25) is 4.79 Å². The maximum absolute atomic E-state index is 12.6. The van der Waals surface area contributed by atoms with Crippen LogP contribution in [0.2, 0.25) is 0 Å². The summed E-state index contributed by atoms with van der Waals surface area (Å²) < 4.78 is 69.8. The zero-order chi connectivity index (χ0) is 23.4. The Labute approximate surface area is 184 Å². The second-order valence-electron chi connectivity index (χ2n) is 7.20. The van der Waals surface area contributed by atoms with Crippen LogP contribution in [-0.4, -0.2) is 64.2 Å². The lowest BCUT2D eigenvalue weighted by molar-refractivity contribution is -0.137. The number of halogens is 3. The van der Waals surface area contributed by atoms with E-state index < -0.39 is 27.7 Å². The monoisotopic (exact) mass is 471 g/mol. The van der Waals surface area contributed by atoms with Gasteiger partial charge in [0.05, 0.1) is 24.1 Å². The van der Waals surface area contributed by atoms with E-state index in [2.05, 4.69) is 10.2 Å². The van der Waals surface area contributed by atoms with Gasteiger partial charge in [-0.1, -0.05) is 12.1 Å². The van der Waals surface area contributed by atoms with Gasteiger partial charge < -0.3 is 15.0 Å². The highest BCUT2D eigenvalue weighted by atomic mass is 32.2. The number of carbonyl (C=O) groups is 1. The lowest BCUT2D eigenvalue weighted by Gasteiger charge is -2.36. The van der Waals surface area contributed by atoms with E-state index in [9.17, 15) is 26.4 Å². The van der Waals surface area contributed by atoms with Gasteiger partial charge in [-0.05, 0) is 36.4 Å². The number of piperazine rings is 1. The van der Waals surface area contributed by atoms with Gasteiger partial charge in [0.25, 0.3) is 5.91 Å². The number of nitrogens with one attached hydrogen (secondary N) is 1. The molecule has 1 saturated heterocycles. The van der Waals surface area contributed by atoms with Crippen molar-refractivity contribution in [1.29, 1.82) is 0 Å². The topological polar surface area (TPSA) is 79.0 Å². The quantitative estimate of drug-likeness (QED) is 0.672. The molecule has 1 aliphatic rings. The number of amides is 1. The summed E-state index contributed by atoms with van der Waals surface area (Å²) in [6, 6.07) is 11.3. The summed E-state index contributed by atoms with van der Waals surface area (Å²) in [5, 5.41) is 2.45. The van der Waals surface area contributed by atoms with E-state index in [-0.39, 0.29) is 17.9 Å². The number of rotatable bonds is 7. The van der Waals surface area contributed by atoms with Crippen LogP contribution in [-0.2, 0) is 16.2 Å². The van der Waals surface area contributed by atoms with E-state index in [0.29, 0.717) is 26.2 Å². The SMILES string of the molecule is COc1ccccc1N1CCN(S(=O)(=O)CCNC(=O)c2ccc(C(F)(F)F)cc2)CC1. The molecule has 1 fully saturated rings. The van der Waals surface area contributed by atoms with Crippen LogP contribution >= 0.6 is 0 Å². The standard InChI is InChI=1S/C21H24F3N3O4S/c1-31-19-5-3-2-4-18(19)26-11-13-27(14-12-26)32(29,30)15-10-25-20(28)16-6-8-17(9-7-16)21(22,23)24/h2-9H,10-15H2,1H3,(H,25,28). The maximum Gasteiger partial charge on any atom is 0.416 e. The van der Waals surface area contributed by atoms with Crippen LogP contribution in [0.4, 0.5) is 18.9 Å². The molecule has 1 N–H and O–H groups in total. The lowest BCUT2D eigenvalue weighted by atomic mass is 10.1. The van der Waals surface area contributed by atoms with E-state index in [1.165, 1.54) is 4.31 Å². The van der Waals surface area contributed by atoms with Gasteiger partial charge in [0, 0.05) is 38.3 Å². The summed E-state index contributed by atoms with van der Waals surface area (Å²) in [5.41, 5.74) is 0.0700. The highest BCUT2D eigenvalue weighted by molar-refractivity contribution is 7.89. The number of alkyl halides is 3. The van der Waals surface area contributed by atoms with E-state index in [0.717, 1.165) is 35.7 Å². The minimum absolute atomic E-state index is 0.0285. The number of methoxy groups -OCH3 is 1. The van der Waals surface area contributed by atoms with Crippen LogP contribution in [0, 0.1) is 0 Å². The Morgan fingerprint density at radius 2 is 1.66 bits per heavy atom. The van der Waals surface area contributed by atoms with Gasteiger partial charge in [0.1, 0.15) is 5.75 Å². The summed E-state index contributed by atoms with van der Waals surface area (Å²) in [7, 11) is -2.01. The second kappa shape index (κ2) is 9.78. The highest BCUT2D eigenvalue weighted by Crippen LogP contribution is 2.29. The molecule has 0 aliphatic carbocycles. The van der Waals surface area contributed by atoms with Crippen molar-refractivity contribution in [2.75, 3.05) is 50.5 Å². The molecule has 1 aliphatic heterocycles. The molecule has 1 amide bonds. The molecule has 0 aromatic heterocycles. The molecule has 32 heavy (non-hydrogen) atoms. The number of para-hydroxylation sites is 2. The second-order valence-corrected chi connectivity index (χ2v) is 9.29. The Morgan fingerprint density at radius 3 is 2.25 bits per heavy atom. The minimum atomic E-state index is -4.49. The smallest absolute Gasteiger partial charge is 0.416 e. The largest absolute Gasteiger partial charge is 0.495 e.